The van der Waals surface area contributed by atoms with Crippen molar-refractivity contribution in [3.05, 3.63) is 24.5 Å². The number of nitrogens with zero attached hydrogens (tertiary/aromatic N) is 1. The van der Waals surface area contributed by atoms with E-state index in [9.17, 15) is 10.2 Å². The van der Waals surface area contributed by atoms with Gasteiger partial charge in [0.1, 0.15) is 0 Å². The molecule has 0 aliphatic rings. The van der Waals surface area contributed by atoms with E-state index in [0.29, 0.717) is 16.7 Å². The number of hydrogen-bond acceptors (Lipinski definition) is 3. The summed E-state index contributed by atoms with van der Waals surface area (Å²) in [6, 6.07) is 3.95. The topological polar surface area (TPSA) is 44.3 Å². The van der Waals surface area contributed by atoms with E-state index in [4.69, 9.17) is 0 Å². The van der Waals surface area contributed by atoms with Crippen LogP contribution >= 0.6 is 11.8 Å². The first-order valence-corrected chi connectivity index (χ1v) is 7.34. The Balaban J connectivity index is 2.69. The van der Waals surface area contributed by atoms with Crippen molar-refractivity contribution in [2.45, 2.75) is 43.9 Å². The Morgan fingerprint density at radius 1 is 1.11 bits per heavy atom. The number of rotatable bonds is 3. The molecule has 0 saturated heterocycles. The molecule has 2 rings (SSSR count). The lowest BCUT2D eigenvalue weighted by Crippen LogP contribution is -2.34. The number of phenols is 2. The third-order valence-corrected chi connectivity index (χ3v) is 4.03. The van der Waals surface area contributed by atoms with Crippen molar-refractivity contribution in [1.29, 1.82) is 0 Å². The molecule has 0 aliphatic carbocycles. The SMILES string of the molecule is CC(C)Sc1cc(O)c(O)c2c[n+](C(C)C)ccc12. The zero-order valence-corrected chi connectivity index (χ0v) is 12.5. The van der Waals surface area contributed by atoms with Gasteiger partial charge in [-0.2, -0.15) is 0 Å². The Hall–Kier alpha value is -1.42. The summed E-state index contributed by atoms with van der Waals surface area (Å²) in [5.74, 6) is -0.102. The monoisotopic (exact) mass is 278 g/mol. The van der Waals surface area contributed by atoms with Crippen LogP contribution in [0.4, 0.5) is 0 Å². The van der Waals surface area contributed by atoms with Crippen LogP contribution in [-0.2, 0) is 0 Å². The first-order valence-electron chi connectivity index (χ1n) is 6.46. The molecule has 2 N–H and O–H groups in total. The molecule has 1 aromatic carbocycles. The van der Waals surface area contributed by atoms with E-state index in [1.54, 1.807) is 17.8 Å². The zero-order chi connectivity index (χ0) is 14.2. The number of aromatic nitrogens is 1. The van der Waals surface area contributed by atoms with Gasteiger partial charge in [-0.3, -0.25) is 0 Å². The fraction of sp³-hybridized carbons (Fsp3) is 0.400. The van der Waals surface area contributed by atoms with E-state index in [1.165, 1.54) is 0 Å². The molecule has 102 valence electrons. The van der Waals surface area contributed by atoms with Gasteiger partial charge in [-0.25, -0.2) is 4.57 Å². The third-order valence-electron chi connectivity index (χ3n) is 2.97. The molecule has 1 heterocycles. The number of phenolic OH excluding ortho intramolecular Hbond substituents is 2. The van der Waals surface area contributed by atoms with E-state index in [-0.39, 0.29) is 11.5 Å². The molecule has 0 radical (unpaired) electrons. The van der Waals surface area contributed by atoms with Gasteiger partial charge in [0.25, 0.3) is 0 Å². The van der Waals surface area contributed by atoms with Crippen LogP contribution in [0.1, 0.15) is 33.7 Å². The second-order valence-electron chi connectivity index (χ2n) is 5.22. The van der Waals surface area contributed by atoms with E-state index >= 15 is 0 Å². The number of thioether (sulfide) groups is 1. The molecule has 0 amide bonds. The van der Waals surface area contributed by atoms with Crippen molar-refractivity contribution in [2.75, 3.05) is 0 Å². The van der Waals surface area contributed by atoms with Gasteiger partial charge in [0.2, 0.25) is 0 Å². The maximum Gasteiger partial charge on any atom is 0.180 e. The van der Waals surface area contributed by atoms with Gasteiger partial charge in [-0.1, -0.05) is 13.8 Å². The molecular weight excluding hydrogens is 258 g/mol. The number of pyridine rings is 1. The lowest BCUT2D eigenvalue weighted by molar-refractivity contribution is -0.715. The van der Waals surface area contributed by atoms with E-state index in [0.717, 1.165) is 10.3 Å². The highest BCUT2D eigenvalue weighted by Crippen LogP contribution is 2.40. The van der Waals surface area contributed by atoms with Gasteiger partial charge >= 0.3 is 0 Å². The molecule has 2 aromatic rings. The number of aromatic hydroxyl groups is 2. The van der Waals surface area contributed by atoms with Crippen LogP contribution < -0.4 is 4.57 Å². The summed E-state index contributed by atoms with van der Waals surface area (Å²) in [6.45, 7) is 8.38. The van der Waals surface area contributed by atoms with Crippen molar-refractivity contribution >= 4 is 22.5 Å². The normalized spacial score (nSPS) is 11.7. The molecule has 0 aliphatic heterocycles. The van der Waals surface area contributed by atoms with Gasteiger partial charge in [0, 0.05) is 21.6 Å². The average Bonchev–Trinajstić information content (AvgIpc) is 2.34. The lowest BCUT2D eigenvalue weighted by atomic mass is 10.1. The first-order chi connectivity index (χ1) is 8.90. The second-order valence-corrected chi connectivity index (χ2v) is 6.84. The van der Waals surface area contributed by atoms with Crippen LogP contribution in [0.15, 0.2) is 29.4 Å². The van der Waals surface area contributed by atoms with Crippen molar-refractivity contribution < 1.29 is 14.8 Å². The Kier molecular flexibility index (Phi) is 3.90. The lowest BCUT2D eigenvalue weighted by Gasteiger charge is -2.11. The molecule has 3 nitrogen and oxygen atoms in total. The van der Waals surface area contributed by atoms with Gasteiger partial charge in [0.05, 0.1) is 5.39 Å². The minimum atomic E-state index is -0.0582. The number of hydrogen-bond donors (Lipinski definition) is 2. The summed E-state index contributed by atoms with van der Waals surface area (Å²) in [5.41, 5.74) is 0. The van der Waals surface area contributed by atoms with Crippen LogP contribution in [0.3, 0.4) is 0 Å². The molecule has 0 bridgehead atoms. The zero-order valence-electron chi connectivity index (χ0n) is 11.7. The maximum atomic E-state index is 10.1. The first kappa shape index (κ1) is 14.0. The minimum Gasteiger partial charge on any atom is -0.504 e. The van der Waals surface area contributed by atoms with E-state index < -0.39 is 0 Å². The van der Waals surface area contributed by atoms with Crippen LogP contribution in [0.25, 0.3) is 10.8 Å². The summed E-state index contributed by atoms with van der Waals surface area (Å²) in [6.07, 6.45) is 3.90. The quantitative estimate of drug-likeness (QED) is 0.512. The Morgan fingerprint density at radius 2 is 1.79 bits per heavy atom. The van der Waals surface area contributed by atoms with Gasteiger partial charge in [-0.05, 0) is 19.9 Å². The summed E-state index contributed by atoms with van der Waals surface area (Å²) >= 11 is 1.68. The Morgan fingerprint density at radius 3 is 2.37 bits per heavy atom. The van der Waals surface area contributed by atoms with Gasteiger partial charge in [0.15, 0.2) is 29.9 Å². The van der Waals surface area contributed by atoms with Crippen LogP contribution in [0.5, 0.6) is 11.5 Å². The Bertz CT molecular complexity index is 609. The summed E-state index contributed by atoms with van der Waals surface area (Å²) in [7, 11) is 0. The van der Waals surface area contributed by atoms with Crippen molar-refractivity contribution in [3.8, 4) is 11.5 Å². The van der Waals surface area contributed by atoms with Gasteiger partial charge < -0.3 is 10.2 Å². The summed E-state index contributed by atoms with van der Waals surface area (Å²) in [4.78, 5) is 0.996. The van der Waals surface area contributed by atoms with Crippen molar-refractivity contribution in [2.24, 2.45) is 0 Å². The molecule has 0 spiro atoms. The number of fused-ring (bicyclic) bond motifs is 1. The predicted molar refractivity (Wildman–Crippen MR) is 78.9 cm³/mol. The fourth-order valence-electron chi connectivity index (χ4n) is 2.00. The average molecular weight is 278 g/mol. The van der Waals surface area contributed by atoms with Gasteiger partial charge in [-0.15, -0.1) is 11.8 Å². The largest absolute Gasteiger partial charge is 0.504 e. The Labute approximate surface area is 117 Å². The second kappa shape index (κ2) is 5.29. The molecule has 1 aromatic heterocycles. The van der Waals surface area contributed by atoms with Crippen LogP contribution in [0, 0.1) is 0 Å². The predicted octanol–water partition coefficient (Wildman–Crippen LogP) is 3.62. The molecule has 0 saturated carbocycles. The summed E-state index contributed by atoms with van der Waals surface area (Å²) in [5, 5.41) is 22.0. The van der Waals surface area contributed by atoms with Crippen LogP contribution in [0.2, 0.25) is 0 Å². The molecule has 0 atom stereocenters. The minimum absolute atomic E-state index is 0.0434. The van der Waals surface area contributed by atoms with Crippen molar-refractivity contribution in [3.63, 3.8) is 0 Å². The highest BCUT2D eigenvalue weighted by Gasteiger charge is 2.16. The molecule has 19 heavy (non-hydrogen) atoms. The maximum absolute atomic E-state index is 10.1. The fourth-order valence-corrected chi connectivity index (χ4v) is 2.99. The third kappa shape index (κ3) is 2.78. The number of benzene rings is 1. The van der Waals surface area contributed by atoms with Crippen molar-refractivity contribution in [1.82, 2.24) is 0 Å². The highest BCUT2D eigenvalue weighted by atomic mass is 32.2. The smallest absolute Gasteiger partial charge is 0.180 e. The van der Waals surface area contributed by atoms with Crippen LogP contribution in [-0.4, -0.2) is 15.5 Å². The van der Waals surface area contributed by atoms with E-state index in [1.807, 2.05) is 23.0 Å². The molecule has 0 fully saturated rings. The molecule has 0 unspecified atom stereocenters. The standard InChI is InChI=1S/C15H19NO2S/c1-9(2)16-6-5-11-12(8-16)15(18)13(17)7-14(11)19-10(3)4/h5-10,17H,1-4H3/p+1. The highest BCUT2D eigenvalue weighted by molar-refractivity contribution is 8.00. The summed E-state index contributed by atoms with van der Waals surface area (Å²) < 4.78 is 2.02. The van der Waals surface area contributed by atoms with E-state index in [2.05, 4.69) is 27.7 Å². The molecule has 4 heteroatoms. The molecular formula is C15H20NO2S+.